The number of rotatable bonds is 4. The van der Waals surface area contributed by atoms with Gasteiger partial charge >= 0.3 is 5.97 Å². The van der Waals surface area contributed by atoms with E-state index in [1.54, 1.807) is 6.92 Å². The largest absolute Gasteiger partial charge is 0.465 e. The molecule has 0 aliphatic rings. The molecule has 7 heteroatoms. The molecule has 2 N–H and O–H groups in total. The molecule has 0 aromatic carbocycles. The minimum atomic E-state index is -0.506. The second-order valence-corrected chi connectivity index (χ2v) is 3.52. The van der Waals surface area contributed by atoms with Gasteiger partial charge in [0.25, 0.3) is 0 Å². The van der Waals surface area contributed by atoms with Crippen molar-refractivity contribution in [3.05, 3.63) is 16.2 Å². The lowest BCUT2D eigenvalue weighted by Crippen LogP contribution is -2.15. The third kappa shape index (κ3) is 3.15. The van der Waals surface area contributed by atoms with Crippen LogP contribution in [-0.2, 0) is 9.53 Å². The molecule has 0 spiro atoms. The van der Waals surface area contributed by atoms with Crippen molar-refractivity contribution in [2.75, 3.05) is 18.9 Å². The van der Waals surface area contributed by atoms with E-state index in [2.05, 4.69) is 9.72 Å². The van der Waals surface area contributed by atoms with Crippen LogP contribution in [0.3, 0.4) is 0 Å². The molecule has 0 aliphatic heterocycles. The van der Waals surface area contributed by atoms with Gasteiger partial charge in [0, 0.05) is 0 Å². The zero-order valence-electron chi connectivity index (χ0n) is 8.50. The summed E-state index contributed by atoms with van der Waals surface area (Å²) >= 11 is 11.5. The lowest BCUT2D eigenvalue weighted by atomic mass is 10.4. The molecule has 1 aromatic rings. The Labute approximate surface area is 102 Å². The smallest absolute Gasteiger partial charge is 0.344 e. The van der Waals surface area contributed by atoms with Crippen LogP contribution in [0.1, 0.15) is 6.92 Å². The maximum Gasteiger partial charge on any atom is 0.344 e. The van der Waals surface area contributed by atoms with Crippen molar-refractivity contribution in [3.63, 3.8) is 0 Å². The number of nitrogens with zero attached hydrogens (tertiary/aromatic N) is 1. The predicted octanol–water partition coefficient (Wildman–Crippen LogP) is 1.91. The second-order valence-electron chi connectivity index (χ2n) is 2.73. The summed E-state index contributed by atoms with van der Waals surface area (Å²) in [6.07, 6.45) is 1.29. The van der Waals surface area contributed by atoms with Gasteiger partial charge in [-0.3, -0.25) is 0 Å². The Morgan fingerprint density at radius 2 is 2.25 bits per heavy atom. The molecule has 1 rings (SSSR count). The van der Waals surface area contributed by atoms with Gasteiger partial charge in [0.05, 0.1) is 23.5 Å². The van der Waals surface area contributed by atoms with E-state index in [0.717, 1.165) is 0 Å². The molecule has 0 saturated heterocycles. The van der Waals surface area contributed by atoms with E-state index in [1.165, 1.54) is 6.20 Å². The fourth-order valence-corrected chi connectivity index (χ4v) is 1.29. The van der Waals surface area contributed by atoms with E-state index < -0.39 is 5.97 Å². The summed E-state index contributed by atoms with van der Waals surface area (Å²) in [4.78, 5) is 14.8. The van der Waals surface area contributed by atoms with Crippen molar-refractivity contribution in [1.29, 1.82) is 0 Å². The van der Waals surface area contributed by atoms with Crippen LogP contribution < -0.4 is 10.5 Å². The van der Waals surface area contributed by atoms with Crippen LogP contribution in [0.5, 0.6) is 5.88 Å². The minimum Gasteiger partial charge on any atom is -0.465 e. The van der Waals surface area contributed by atoms with Crippen LogP contribution in [0.2, 0.25) is 10.0 Å². The van der Waals surface area contributed by atoms with Crippen molar-refractivity contribution in [1.82, 2.24) is 4.98 Å². The summed E-state index contributed by atoms with van der Waals surface area (Å²) in [6, 6.07) is 0. The quantitative estimate of drug-likeness (QED) is 0.841. The summed E-state index contributed by atoms with van der Waals surface area (Å²) < 4.78 is 9.70. The van der Waals surface area contributed by atoms with E-state index in [1.807, 2.05) is 0 Å². The van der Waals surface area contributed by atoms with Gasteiger partial charge in [-0.2, -0.15) is 0 Å². The van der Waals surface area contributed by atoms with Crippen LogP contribution in [0.25, 0.3) is 0 Å². The zero-order valence-corrected chi connectivity index (χ0v) is 10.0. The molecule has 0 amide bonds. The van der Waals surface area contributed by atoms with Gasteiger partial charge in [0.15, 0.2) is 6.61 Å². The zero-order chi connectivity index (χ0) is 12.1. The summed E-state index contributed by atoms with van der Waals surface area (Å²) in [5.41, 5.74) is 5.71. The van der Waals surface area contributed by atoms with Crippen molar-refractivity contribution in [3.8, 4) is 5.88 Å². The van der Waals surface area contributed by atoms with Gasteiger partial charge in [-0.05, 0) is 6.92 Å². The lowest BCUT2D eigenvalue weighted by molar-refractivity contribution is -0.145. The van der Waals surface area contributed by atoms with Gasteiger partial charge in [-0.1, -0.05) is 23.2 Å². The summed E-state index contributed by atoms with van der Waals surface area (Å²) in [5.74, 6) is -0.453. The maximum absolute atomic E-state index is 11.0. The van der Waals surface area contributed by atoms with Crippen molar-refractivity contribution >= 4 is 34.9 Å². The molecule has 5 nitrogen and oxygen atoms in total. The fourth-order valence-electron chi connectivity index (χ4n) is 0.892. The maximum atomic E-state index is 11.0. The molecule has 0 aliphatic carbocycles. The molecule has 88 valence electrons. The van der Waals surface area contributed by atoms with Crippen LogP contribution in [0, 0.1) is 0 Å². The average molecular weight is 265 g/mol. The Bertz CT molecular complexity index is 399. The van der Waals surface area contributed by atoms with E-state index in [0.29, 0.717) is 0 Å². The number of hydrogen-bond donors (Lipinski definition) is 1. The van der Waals surface area contributed by atoms with Crippen LogP contribution in [-0.4, -0.2) is 24.2 Å². The molecule has 1 heterocycles. The summed E-state index contributed by atoms with van der Waals surface area (Å²) in [7, 11) is 0. The number of aromatic nitrogens is 1. The summed E-state index contributed by atoms with van der Waals surface area (Å²) in [5, 5.41) is 0.310. The number of carbonyl (C=O) groups is 1. The highest BCUT2D eigenvalue weighted by Gasteiger charge is 2.12. The number of nitrogen functional groups attached to an aromatic ring is 1. The number of halogens is 2. The Balaban J connectivity index is 2.68. The average Bonchev–Trinajstić information content (AvgIpc) is 2.25. The number of nitrogens with two attached hydrogens (primary N) is 1. The molecular weight excluding hydrogens is 255 g/mol. The first-order chi connectivity index (χ1) is 7.56. The Kier molecular flexibility index (Phi) is 4.64. The highest BCUT2D eigenvalue weighted by atomic mass is 35.5. The number of hydrogen-bond acceptors (Lipinski definition) is 5. The van der Waals surface area contributed by atoms with E-state index in [4.69, 9.17) is 33.7 Å². The second kappa shape index (κ2) is 5.77. The van der Waals surface area contributed by atoms with Crippen LogP contribution in [0.4, 0.5) is 5.69 Å². The van der Waals surface area contributed by atoms with Crippen molar-refractivity contribution < 1.29 is 14.3 Å². The van der Waals surface area contributed by atoms with Gasteiger partial charge in [0.1, 0.15) is 5.02 Å². The fraction of sp³-hybridized carbons (Fsp3) is 0.333. The predicted molar refractivity (Wildman–Crippen MR) is 60.8 cm³/mol. The Morgan fingerprint density at radius 3 is 2.88 bits per heavy atom. The highest BCUT2D eigenvalue weighted by molar-refractivity contribution is 6.39. The molecule has 0 bridgehead atoms. The topological polar surface area (TPSA) is 74.4 Å². The van der Waals surface area contributed by atoms with Gasteiger partial charge in [-0.25, -0.2) is 9.78 Å². The summed E-state index contributed by atoms with van der Waals surface area (Å²) in [6.45, 7) is 1.71. The molecule has 0 atom stereocenters. The molecule has 0 unspecified atom stereocenters. The van der Waals surface area contributed by atoms with Gasteiger partial charge < -0.3 is 15.2 Å². The number of esters is 1. The number of pyridine rings is 1. The third-order valence-electron chi connectivity index (χ3n) is 1.61. The molecule has 16 heavy (non-hydrogen) atoms. The van der Waals surface area contributed by atoms with Gasteiger partial charge in [-0.15, -0.1) is 0 Å². The first-order valence-corrected chi connectivity index (χ1v) is 5.19. The number of carbonyl (C=O) groups excluding carboxylic acids is 1. The monoisotopic (exact) mass is 264 g/mol. The van der Waals surface area contributed by atoms with Crippen molar-refractivity contribution in [2.24, 2.45) is 0 Å². The first kappa shape index (κ1) is 12.9. The van der Waals surface area contributed by atoms with Gasteiger partial charge in [0.2, 0.25) is 5.88 Å². The highest BCUT2D eigenvalue weighted by Crippen LogP contribution is 2.33. The molecule has 0 fully saturated rings. The molecule has 1 aromatic heterocycles. The molecular formula is C9H10Cl2N2O3. The van der Waals surface area contributed by atoms with Crippen molar-refractivity contribution in [2.45, 2.75) is 6.92 Å². The van der Waals surface area contributed by atoms with Crippen LogP contribution >= 0.6 is 23.2 Å². The molecule has 0 radical (unpaired) electrons. The third-order valence-corrected chi connectivity index (χ3v) is 2.28. The first-order valence-electron chi connectivity index (χ1n) is 4.44. The van der Waals surface area contributed by atoms with E-state index >= 15 is 0 Å². The minimum absolute atomic E-state index is 0.0524. The SMILES string of the molecule is CCOC(=O)COc1ncc(Cl)c(N)c1Cl. The standard InChI is InChI=1S/C9H10Cl2N2O3/c1-2-15-6(14)4-16-9-7(11)8(12)5(10)3-13-9/h3H,2,4H2,1H3,(H2,12,13). The lowest BCUT2D eigenvalue weighted by Gasteiger charge is -2.08. The normalized spacial score (nSPS) is 9.94. The van der Waals surface area contributed by atoms with E-state index in [-0.39, 0.29) is 34.8 Å². The van der Waals surface area contributed by atoms with E-state index in [9.17, 15) is 4.79 Å². The van der Waals surface area contributed by atoms with Crippen LogP contribution in [0.15, 0.2) is 6.20 Å². The Hall–Kier alpha value is -1.20. The number of anilines is 1. The Morgan fingerprint density at radius 1 is 1.56 bits per heavy atom. The number of ether oxygens (including phenoxy) is 2. The molecule has 0 saturated carbocycles.